The third-order valence-corrected chi connectivity index (χ3v) is 4.58. The van der Waals surface area contributed by atoms with Gasteiger partial charge in [0.15, 0.2) is 0 Å². The van der Waals surface area contributed by atoms with Crippen LogP contribution in [0.5, 0.6) is 0 Å². The van der Waals surface area contributed by atoms with Crippen LogP contribution >= 0.6 is 0 Å². The Hall–Kier alpha value is -2.28. The van der Waals surface area contributed by atoms with Gasteiger partial charge in [-0.15, -0.1) is 5.10 Å². The van der Waals surface area contributed by atoms with Gasteiger partial charge < -0.3 is 4.90 Å². The molecular weight excluding hydrogens is 280 g/mol. The van der Waals surface area contributed by atoms with E-state index in [9.17, 15) is 4.79 Å². The summed E-state index contributed by atoms with van der Waals surface area (Å²) in [5, 5.41) is 10.8. The van der Waals surface area contributed by atoms with Crippen molar-refractivity contribution in [3.05, 3.63) is 41.7 Å². The largest absolute Gasteiger partial charge is 0.338 e. The standard InChI is InChI=1S/C15H18N6O/c22-15(10-21-11-16-17-18-21)20-8-14(9-20)19-6-5-12-3-1-2-4-13(12)7-19/h1-4,11,14H,5-10H2. The van der Waals surface area contributed by atoms with Gasteiger partial charge in [0.2, 0.25) is 5.91 Å². The van der Waals surface area contributed by atoms with Crippen molar-refractivity contribution in [3.8, 4) is 0 Å². The Morgan fingerprint density at radius 3 is 2.82 bits per heavy atom. The summed E-state index contributed by atoms with van der Waals surface area (Å²) >= 11 is 0. The Morgan fingerprint density at radius 1 is 1.23 bits per heavy atom. The quantitative estimate of drug-likeness (QED) is 0.794. The van der Waals surface area contributed by atoms with E-state index in [1.54, 1.807) is 0 Å². The van der Waals surface area contributed by atoms with Crippen LogP contribution in [0.2, 0.25) is 0 Å². The molecule has 1 aromatic carbocycles. The van der Waals surface area contributed by atoms with E-state index in [4.69, 9.17) is 0 Å². The molecule has 0 radical (unpaired) electrons. The summed E-state index contributed by atoms with van der Waals surface area (Å²) < 4.78 is 1.47. The number of hydrogen-bond acceptors (Lipinski definition) is 5. The van der Waals surface area contributed by atoms with E-state index in [0.717, 1.165) is 32.6 Å². The SMILES string of the molecule is O=C(Cn1cnnn1)N1CC(N2CCc3ccccc3C2)C1. The summed E-state index contributed by atoms with van der Waals surface area (Å²) in [4.78, 5) is 16.5. The van der Waals surface area contributed by atoms with Crippen LogP contribution in [0.15, 0.2) is 30.6 Å². The normalized spacial score (nSPS) is 18.8. The topological polar surface area (TPSA) is 67.2 Å². The maximum atomic E-state index is 12.1. The average molecular weight is 298 g/mol. The Morgan fingerprint density at radius 2 is 2.05 bits per heavy atom. The van der Waals surface area contributed by atoms with E-state index in [-0.39, 0.29) is 12.5 Å². The first-order chi connectivity index (χ1) is 10.8. The van der Waals surface area contributed by atoms with Crippen molar-refractivity contribution in [3.63, 3.8) is 0 Å². The number of aromatic nitrogens is 4. The van der Waals surface area contributed by atoms with Crippen molar-refractivity contribution >= 4 is 5.91 Å². The van der Waals surface area contributed by atoms with Crippen LogP contribution in [-0.4, -0.2) is 61.6 Å². The maximum Gasteiger partial charge on any atom is 0.244 e. The minimum atomic E-state index is 0.0842. The summed E-state index contributed by atoms with van der Waals surface area (Å²) in [6.45, 7) is 3.92. The van der Waals surface area contributed by atoms with Crippen molar-refractivity contribution in [1.82, 2.24) is 30.0 Å². The van der Waals surface area contributed by atoms with Crippen LogP contribution in [0.3, 0.4) is 0 Å². The van der Waals surface area contributed by atoms with Crippen molar-refractivity contribution in [2.24, 2.45) is 0 Å². The summed E-state index contributed by atoms with van der Waals surface area (Å²) in [5.41, 5.74) is 2.89. The van der Waals surface area contributed by atoms with E-state index in [1.807, 2.05) is 4.90 Å². The molecule has 0 bridgehead atoms. The van der Waals surface area contributed by atoms with E-state index >= 15 is 0 Å². The Labute approximate surface area is 128 Å². The second kappa shape index (κ2) is 5.49. The van der Waals surface area contributed by atoms with Crippen LogP contribution < -0.4 is 0 Å². The van der Waals surface area contributed by atoms with Gasteiger partial charge in [-0.3, -0.25) is 9.69 Å². The number of tetrazole rings is 1. The zero-order chi connectivity index (χ0) is 14.9. The van der Waals surface area contributed by atoms with E-state index in [1.165, 1.54) is 22.1 Å². The molecule has 2 aliphatic rings. The fourth-order valence-corrected chi connectivity index (χ4v) is 3.21. The van der Waals surface area contributed by atoms with Gasteiger partial charge in [0.1, 0.15) is 12.9 Å². The highest BCUT2D eigenvalue weighted by atomic mass is 16.2. The summed E-state index contributed by atoms with van der Waals surface area (Å²) in [7, 11) is 0. The number of carbonyl (C=O) groups is 1. The van der Waals surface area contributed by atoms with Gasteiger partial charge in [-0.05, 0) is 28.0 Å². The van der Waals surface area contributed by atoms with Crippen molar-refractivity contribution in [1.29, 1.82) is 0 Å². The first-order valence-electron chi connectivity index (χ1n) is 7.59. The lowest BCUT2D eigenvalue weighted by molar-refractivity contribution is -0.139. The Bertz CT molecular complexity index is 664. The summed E-state index contributed by atoms with van der Waals surface area (Å²) in [6, 6.07) is 9.12. The van der Waals surface area contributed by atoms with Crippen LogP contribution in [-0.2, 0) is 24.3 Å². The predicted molar refractivity (Wildman–Crippen MR) is 78.7 cm³/mol. The van der Waals surface area contributed by atoms with Crippen LogP contribution in [0, 0.1) is 0 Å². The molecule has 114 valence electrons. The second-order valence-electron chi connectivity index (χ2n) is 5.95. The minimum Gasteiger partial charge on any atom is -0.338 e. The lowest BCUT2D eigenvalue weighted by Gasteiger charge is -2.46. The first kappa shape index (κ1) is 13.4. The highest BCUT2D eigenvalue weighted by Gasteiger charge is 2.35. The Balaban J connectivity index is 1.31. The van der Waals surface area contributed by atoms with Crippen molar-refractivity contribution in [2.45, 2.75) is 25.6 Å². The molecule has 1 saturated heterocycles. The summed E-state index contributed by atoms with van der Waals surface area (Å²) in [6.07, 6.45) is 2.57. The smallest absolute Gasteiger partial charge is 0.244 e. The van der Waals surface area contributed by atoms with Gasteiger partial charge in [-0.2, -0.15) is 0 Å². The highest BCUT2D eigenvalue weighted by Crippen LogP contribution is 2.24. The number of rotatable bonds is 3. The van der Waals surface area contributed by atoms with Gasteiger partial charge in [-0.25, -0.2) is 4.68 Å². The molecule has 0 unspecified atom stereocenters. The minimum absolute atomic E-state index is 0.0842. The van der Waals surface area contributed by atoms with E-state index in [2.05, 4.69) is 44.7 Å². The summed E-state index contributed by atoms with van der Waals surface area (Å²) in [5.74, 6) is 0.0842. The lowest BCUT2D eigenvalue weighted by Crippen LogP contribution is -2.62. The van der Waals surface area contributed by atoms with E-state index < -0.39 is 0 Å². The lowest BCUT2D eigenvalue weighted by atomic mass is 9.96. The molecule has 4 rings (SSSR count). The molecule has 0 spiro atoms. The number of hydrogen-bond donors (Lipinski definition) is 0. The molecule has 0 atom stereocenters. The molecule has 2 aliphatic heterocycles. The third kappa shape index (κ3) is 2.48. The second-order valence-corrected chi connectivity index (χ2v) is 5.95. The zero-order valence-corrected chi connectivity index (χ0v) is 12.3. The molecule has 1 aromatic heterocycles. The number of benzene rings is 1. The van der Waals surface area contributed by atoms with Gasteiger partial charge in [0.25, 0.3) is 0 Å². The van der Waals surface area contributed by atoms with Crippen LogP contribution in [0.25, 0.3) is 0 Å². The Kier molecular flexibility index (Phi) is 3.34. The monoisotopic (exact) mass is 298 g/mol. The molecule has 2 aromatic rings. The molecule has 1 fully saturated rings. The van der Waals surface area contributed by atoms with Crippen molar-refractivity contribution in [2.75, 3.05) is 19.6 Å². The van der Waals surface area contributed by atoms with Crippen LogP contribution in [0.4, 0.5) is 0 Å². The van der Waals surface area contributed by atoms with Gasteiger partial charge >= 0.3 is 0 Å². The highest BCUT2D eigenvalue weighted by molar-refractivity contribution is 5.76. The molecule has 7 nitrogen and oxygen atoms in total. The molecule has 0 saturated carbocycles. The first-order valence-corrected chi connectivity index (χ1v) is 7.59. The number of carbonyl (C=O) groups excluding carboxylic acids is 1. The number of nitrogens with zero attached hydrogens (tertiary/aromatic N) is 6. The van der Waals surface area contributed by atoms with Crippen LogP contribution in [0.1, 0.15) is 11.1 Å². The van der Waals surface area contributed by atoms with Gasteiger partial charge in [0.05, 0.1) is 0 Å². The maximum absolute atomic E-state index is 12.1. The molecule has 0 aliphatic carbocycles. The molecule has 7 heteroatoms. The molecule has 0 N–H and O–H groups in total. The zero-order valence-electron chi connectivity index (χ0n) is 12.3. The fourth-order valence-electron chi connectivity index (χ4n) is 3.21. The van der Waals surface area contributed by atoms with E-state index in [0.29, 0.717) is 6.04 Å². The molecule has 1 amide bonds. The molecule has 3 heterocycles. The van der Waals surface area contributed by atoms with Crippen molar-refractivity contribution < 1.29 is 4.79 Å². The average Bonchev–Trinajstić information content (AvgIpc) is 2.98. The number of fused-ring (bicyclic) bond motifs is 1. The van der Waals surface area contributed by atoms with Gasteiger partial charge in [-0.1, -0.05) is 24.3 Å². The fraction of sp³-hybridized carbons (Fsp3) is 0.467. The predicted octanol–water partition coefficient (Wildman–Crippen LogP) is -0.0578. The van der Waals surface area contributed by atoms with Gasteiger partial charge in [0, 0.05) is 32.2 Å². The molecule has 22 heavy (non-hydrogen) atoms. The molecular formula is C15H18N6O. The number of likely N-dealkylation sites (tertiary alicyclic amines) is 1. The third-order valence-electron chi connectivity index (χ3n) is 4.58. The number of amides is 1.